The highest BCUT2D eigenvalue weighted by Crippen LogP contribution is 2.32. The topological polar surface area (TPSA) is 35.6 Å². The standard InChI is InChI=1S/C16H21ClFN3O/c17-12-4-3-5-13(18)14(12)15(20-10-6-19-7-11-20)16(22)21-8-1-2-9-21/h3-5,15,19H,1-2,6-11H2. The third kappa shape index (κ3) is 3.12. The van der Waals surface area contributed by atoms with Gasteiger partial charge in [-0.05, 0) is 25.0 Å². The first-order valence-electron chi connectivity index (χ1n) is 7.86. The van der Waals surface area contributed by atoms with Crippen LogP contribution in [0.4, 0.5) is 4.39 Å². The number of piperazine rings is 1. The average Bonchev–Trinajstić information content (AvgIpc) is 3.06. The Bertz CT molecular complexity index is 522. The molecule has 0 spiro atoms. The minimum absolute atomic E-state index is 0.0219. The number of amides is 1. The number of hydrogen-bond acceptors (Lipinski definition) is 3. The Balaban J connectivity index is 1.96. The van der Waals surface area contributed by atoms with Crippen LogP contribution >= 0.6 is 11.6 Å². The monoisotopic (exact) mass is 325 g/mol. The molecular formula is C16H21ClFN3O. The Labute approximate surface area is 135 Å². The molecule has 1 unspecified atom stereocenters. The molecule has 4 nitrogen and oxygen atoms in total. The maximum Gasteiger partial charge on any atom is 0.244 e. The average molecular weight is 326 g/mol. The van der Waals surface area contributed by atoms with E-state index < -0.39 is 11.9 Å². The molecular weight excluding hydrogens is 305 g/mol. The van der Waals surface area contributed by atoms with Gasteiger partial charge in [-0.15, -0.1) is 0 Å². The van der Waals surface area contributed by atoms with Crippen molar-refractivity contribution in [2.24, 2.45) is 0 Å². The van der Waals surface area contributed by atoms with Gasteiger partial charge in [0.2, 0.25) is 5.91 Å². The van der Waals surface area contributed by atoms with Gasteiger partial charge in [0, 0.05) is 49.9 Å². The van der Waals surface area contributed by atoms with Crippen LogP contribution in [-0.2, 0) is 4.79 Å². The summed E-state index contributed by atoms with van der Waals surface area (Å²) in [5, 5.41) is 3.60. The molecule has 0 bridgehead atoms. The molecule has 1 N–H and O–H groups in total. The summed E-state index contributed by atoms with van der Waals surface area (Å²) < 4.78 is 14.4. The lowest BCUT2D eigenvalue weighted by Crippen LogP contribution is -2.50. The Hall–Kier alpha value is -1.17. The zero-order valence-corrected chi connectivity index (χ0v) is 13.3. The summed E-state index contributed by atoms with van der Waals surface area (Å²) in [5.41, 5.74) is 0.322. The summed E-state index contributed by atoms with van der Waals surface area (Å²) in [6.45, 7) is 4.55. The first kappa shape index (κ1) is 15.7. The number of hydrogen-bond donors (Lipinski definition) is 1. The van der Waals surface area contributed by atoms with E-state index in [4.69, 9.17) is 11.6 Å². The number of nitrogens with one attached hydrogen (secondary N) is 1. The second kappa shape index (κ2) is 6.94. The zero-order chi connectivity index (χ0) is 15.5. The number of nitrogens with zero attached hydrogens (tertiary/aromatic N) is 2. The molecule has 0 radical (unpaired) electrons. The van der Waals surface area contributed by atoms with Crippen LogP contribution in [0.5, 0.6) is 0 Å². The molecule has 0 aromatic heterocycles. The summed E-state index contributed by atoms with van der Waals surface area (Å²) in [6.07, 6.45) is 2.04. The van der Waals surface area contributed by atoms with Crippen LogP contribution in [0.2, 0.25) is 5.02 Å². The number of halogens is 2. The summed E-state index contributed by atoms with van der Waals surface area (Å²) in [7, 11) is 0. The minimum Gasteiger partial charge on any atom is -0.341 e. The van der Waals surface area contributed by atoms with Crippen LogP contribution in [0.1, 0.15) is 24.4 Å². The van der Waals surface area contributed by atoms with Crippen LogP contribution in [-0.4, -0.2) is 55.0 Å². The van der Waals surface area contributed by atoms with Gasteiger partial charge in [0.1, 0.15) is 11.9 Å². The second-order valence-electron chi connectivity index (χ2n) is 5.86. The highest BCUT2D eigenvalue weighted by Gasteiger charge is 2.36. The molecule has 3 rings (SSSR count). The maximum atomic E-state index is 14.4. The Morgan fingerprint density at radius 3 is 2.50 bits per heavy atom. The molecule has 1 aromatic rings. The van der Waals surface area contributed by atoms with Gasteiger partial charge in [0.05, 0.1) is 0 Å². The van der Waals surface area contributed by atoms with Crippen molar-refractivity contribution in [2.45, 2.75) is 18.9 Å². The van der Waals surface area contributed by atoms with Crippen molar-refractivity contribution in [3.05, 3.63) is 34.6 Å². The summed E-state index contributed by atoms with van der Waals surface area (Å²) in [6, 6.07) is 4.00. The number of likely N-dealkylation sites (tertiary alicyclic amines) is 1. The van der Waals surface area contributed by atoms with Gasteiger partial charge in [-0.3, -0.25) is 9.69 Å². The fraction of sp³-hybridized carbons (Fsp3) is 0.562. The van der Waals surface area contributed by atoms with Crippen LogP contribution in [0, 0.1) is 5.82 Å². The predicted octanol–water partition coefficient (Wildman–Crippen LogP) is 2.05. The summed E-state index contributed by atoms with van der Waals surface area (Å²) in [4.78, 5) is 16.9. The fourth-order valence-corrected chi connectivity index (χ4v) is 3.55. The zero-order valence-electron chi connectivity index (χ0n) is 12.5. The molecule has 0 aliphatic carbocycles. The van der Waals surface area contributed by atoms with Gasteiger partial charge in [0.15, 0.2) is 0 Å². The highest BCUT2D eigenvalue weighted by molar-refractivity contribution is 6.31. The molecule has 1 aromatic carbocycles. The van der Waals surface area contributed by atoms with E-state index in [9.17, 15) is 9.18 Å². The van der Waals surface area contributed by atoms with Crippen LogP contribution in [0.25, 0.3) is 0 Å². The smallest absolute Gasteiger partial charge is 0.244 e. The van der Waals surface area contributed by atoms with Crippen molar-refractivity contribution in [2.75, 3.05) is 39.3 Å². The lowest BCUT2D eigenvalue weighted by atomic mass is 10.0. The SMILES string of the molecule is O=C(C(c1c(F)cccc1Cl)N1CCNCC1)N1CCCC1. The van der Waals surface area contributed by atoms with Gasteiger partial charge >= 0.3 is 0 Å². The third-order valence-electron chi connectivity index (χ3n) is 4.44. The van der Waals surface area contributed by atoms with Gasteiger partial charge in [-0.2, -0.15) is 0 Å². The molecule has 1 amide bonds. The normalized spacial score (nSPS) is 21.1. The first-order valence-corrected chi connectivity index (χ1v) is 8.24. The summed E-state index contributed by atoms with van der Waals surface area (Å²) in [5.74, 6) is -0.421. The number of carbonyl (C=O) groups excluding carboxylic acids is 1. The maximum absolute atomic E-state index is 14.4. The molecule has 120 valence electrons. The molecule has 2 aliphatic rings. The van der Waals surface area contributed by atoms with E-state index in [1.165, 1.54) is 6.07 Å². The predicted molar refractivity (Wildman–Crippen MR) is 84.4 cm³/mol. The van der Waals surface area contributed by atoms with Crippen molar-refractivity contribution in [1.82, 2.24) is 15.1 Å². The molecule has 2 fully saturated rings. The van der Waals surface area contributed by atoms with Crippen molar-refractivity contribution in [3.8, 4) is 0 Å². The van der Waals surface area contributed by atoms with Crippen molar-refractivity contribution in [3.63, 3.8) is 0 Å². The van der Waals surface area contributed by atoms with Gasteiger partial charge < -0.3 is 10.2 Å². The molecule has 6 heteroatoms. The van der Waals surface area contributed by atoms with Gasteiger partial charge in [-0.1, -0.05) is 17.7 Å². The Kier molecular flexibility index (Phi) is 4.96. The van der Waals surface area contributed by atoms with Crippen LogP contribution in [0.15, 0.2) is 18.2 Å². The quantitative estimate of drug-likeness (QED) is 0.924. The molecule has 1 atom stereocenters. The number of benzene rings is 1. The second-order valence-corrected chi connectivity index (χ2v) is 6.26. The van der Waals surface area contributed by atoms with Gasteiger partial charge in [-0.25, -0.2) is 4.39 Å². The largest absolute Gasteiger partial charge is 0.341 e. The molecule has 2 aliphatic heterocycles. The van der Waals surface area contributed by atoms with E-state index in [1.54, 1.807) is 12.1 Å². The van der Waals surface area contributed by atoms with E-state index in [2.05, 4.69) is 5.32 Å². The van der Waals surface area contributed by atoms with Crippen LogP contribution < -0.4 is 5.32 Å². The van der Waals surface area contributed by atoms with Crippen LogP contribution in [0.3, 0.4) is 0 Å². The van der Waals surface area contributed by atoms with Crippen molar-refractivity contribution >= 4 is 17.5 Å². The highest BCUT2D eigenvalue weighted by atomic mass is 35.5. The Morgan fingerprint density at radius 1 is 1.18 bits per heavy atom. The lowest BCUT2D eigenvalue weighted by Gasteiger charge is -2.36. The fourth-order valence-electron chi connectivity index (χ4n) is 3.28. The van der Waals surface area contributed by atoms with E-state index in [-0.39, 0.29) is 5.91 Å². The van der Waals surface area contributed by atoms with Crippen molar-refractivity contribution in [1.29, 1.82) is 0 Å². The molecule has 2 heterocycles. The third-order valence-corrected chi connectivity index (χ3v) is 4.77. The molecule has 0 saturated carbocycles. The van der Waals surface area contributed by atoms with E-state index in [1.807, 2.05) is 9.80 Å². The Morgan fingerprint density at radius 2 is 1.86 bits per heavy atom. The van der Waals surface area contributed by atoms with E-state index in [0.29, 0.717) is 10.6 Å². The lowest BCUT2D eigenvalue weighted by molar-refractivity contribution is -0.136. The number of rotatable bonds is 3. The van der Waals surface area contributed by atoms with Crippen molar-refractivity contribution < 1.29 is 9.18 Å². The summed E-state index contributed by atoms with van der Waals surface area (Å²) >= 11 is 6.24. The first-order chi connectivity index (χ1) is 10.7. The van der Waals surface area contributed by atoms with Gasteiger partial charge in [0.25, 0.3) is 0 Å². The van der Waals surface area contributed by atoms with E-state index >= 15 is 0 Å². The van der Waals surface area contributed by atoms with E-state index in [0.717, 1.165) is 52.1 Å². The number of carbonyl (C=O) groups is 1. The minimum atomic E-state index is -0.617. The molecule has 22 heavy (non-hydrogen) atoms. The molecule has 2 saturated heterocycles.